The molecular weight excluding hydrogens is 392 g/mol. The number of hydrogen-bond acceptors (Lipinski definition) is 7. The summed E-state index contributed by atoms with van der Waals surface area (Å²) in [6.07, 6.45) is 0.410. The quantitative estimate of drug-likeness (QED) is 0.534. The van der Waals surface area contributed by atoms with E-state index in [1.807, 2.05) is 13.8 Å². The summed E-state index contributed by atoms with van der Waals surface area (Å²) in [5.41, 5.74) is 3.84. The minimum absolute atomic E-state index is 0.00981. The number of aromatic nitrogens is 4. The van der Waals surface area contributed by atoms with Gasteiger partial charge < -0.3 is 25.4 Å². The topological polar surface area (TPSA) is 149 Å². The summed E-state index contributed by atoms with van der Waals surface area (Å²) in [7, 11) is 2.88. The van der Waals surface area contributed by atoms with Gasteiger partial charge in [-0.05, 0) is 12.8 Å². The van der Waals surface area contributed by atoms with E-state index >= 15 is 0 Å². The summed E-state index contributed by atoms with van der Waals surface area (Å²) in [5.74, 6) is -0.441. The first-order chi connectivity index (χ1) is 13.9. The SMILES string of the molecule is CC(C)[C@@H](N)C(=O)N1C[C@H](O)C[C@](C)(O)[C@@H](n2cnc3c2c(=O)n(C)c(=O)n3C)C1. The number of carbonyl (C=O) groups excluding carboxylic acids is 1. The summed E-state index contributed by atoms with van der Waals surface area (Å²) >= 11 is 0. The van der Waals surface area contributed by atoms with Crippen molar-refractivity contribution in [2.45, 2.75) is 51.0 Å². The average molecular weight is 422 g/mol. The van der Waals surface area contributed by atoms with E-state index in [0.717, 1.165) is 4.57 Å². The number of fused-ring (bicyclic) bond motifs is 1. The maximum atomic E-state index is 12.9. The van der Waals surface area contributed by atoms with Crippen molar-refractivity contribution in [2.75, 3.05) is 13.1 Å². The molecule has 1 saturated heterocycles. The molecule has 11 nitrogen and oxygen atoms in total. The molecule has 1 aliphatic rings. The van der Waals surface area contributed by atoms with E-state index < -0.39 is 35.0 Å². The lowest BCUT2D eigenvalue weighted by Gasteiger charge is -2.34. The summed E-state index contributed by atoms with van der Waals surface area (Å²) in [4.78, 5) is 43.6. The van der Waals surface area contributed by atoms with Gasteiger partial charge in [0.15, 0.2) is 11.2 Å². The number of aryl methyl sites for hydroxylation is 1. The zero-order chi connectivity index (χ0) is 22.5. The van der Waals surface area contributed by atoms with Crippen molar-refractivity contribution in [1.29, 1.82) is 0 Å². The Bertz CT molecular complexity index is 1080. The van der Waals surface area contributed by atoms with Crippen molar-refractivity contribution >= 4 is 17.1 Å². The Kier molecular flexibility index (Phi) is 5.65. The Morgan fingerprint density at radius 2 is 1.90 bits per heavy atom. The van der Waals surface area contributed by atoms with E-state index in [4.69, 9.17) is 5.73 Å². The van der Waals surface area contributed by atoms with Crippen LogP contribution in [0.4, 0.5) is 0 Å². The van der Waals surface area contributed by atoms with Crippen molar-refractivity contribution in [1.82, 2.24) is 23.6 Å². The van der Waals surface area contributed by atoms with Gasteiger partial charge in [-0.15, -0.1) is 0 Å². The normalized spacial score (nSPS) is 26.2. The number of β-amino-alcohol motifs (C(OH)–C–C–N with tert-alkyl or cyclic N) is 1. The van der Waals surface area contributed by atoms with Gasteiger partial charge in [-0.25, -0.2) is 9.78 Å². The first kappa shape index (κ1) is 22.2. The lowest BCUT2D eigenvalue weighted by molar-refractivity contribution is -0.135. The fraction of sp³-hybridized carbons (Fsp3) is 0.684. The molecule has 11 heteroatoms. The van der Waals surface area contributed by atoms with Gasteiger partial charge in [-0.2, -0.15) is 0 Å². The molecule has 0 spiro atoms. The van der Waals surface area contributed by atoms with Gasteiger partial charge >= 0.3 is 5.69 Å². The van der Waals surface area contributed by atoms with Crippen molar-refractivity contribution in [3.8, 4) is 0 Å². The third-order valence-electron chi connectivity index (χ3n) is 6.02. The molecule has 1 amide bonds. The number of amides is 1. The molecule has 0 aliphatic carbocycles. The van der Waals surface area contributed by atoms with Crippen LogP contribution in [-0.2, 0) is 18.9 Å². The summed E-state index contributed by atoms with van der Waals surface area (Å²) in [6, 6.07) is -1.54. The molecule has 4 atom stereocenters. The molecule has 2 aromatic heterocycles. The summed E-state index contributed by atoms with van der Waals surface area (Å²) < 4.78 is 3.72. The van der Waals surface area contributed by atoms with Gasteiger partial charge in [-0.1, -0.05) is 13.8 Å². The van der Waals surface area contributed by atoms with Crippen molar-refractivity contribution in [2.24, 2.45) is 25.7 Å². The highest BCUT2D eigenvalue weighted by Crippen LogP contribution is 2.33. The van der Waals surface area contributed by atoms with Crippen LogP contribution in [0.15, 0.2) is 15.9 Å². The van der Waals surface area contributed by atoms with Crippen molar-refractivity contribution < 1.29 is 15.0 Å². The summed E-state index contributed by atoms with van der Waals surface area (Å²) in [6.45, 7) is 5.27. The fourth-order valence-electron chi connectivity index (χ4n) is 4.08. The second-order valence-corrected chi connectivity index (χ2v) is 8.77. The Morgan fingerprint density at radius 1 is 1.27 bits per heavy atom. The predicted octanol–water partition coefficient (Wildman–Crippen LogP) is -1.70. The Labute approximate surface area is 173 Å². The molecule has 0 aromatic carbocycles. The number of aliphatic hydroxyl groups is 2. The van der Waals surface area contributed by atoms with Gasteiger partial charge in [0.05, 0.1) is 30.1 Å². The largest absolute Gasteiger partial charge is 0.391 e. The molecule has 0 bridgehead atoms. The molecule has 1 aliphatic heterocycles. The molecule has 0 saturated carbocycles. The number of hydrogen-bond donors (Lipinski definition) is 3. The van der Waals surface area contributed by atoms with Crippen LogP contribution in [0.25, 0.3) is 11.2 Å². The molecule has 166 valence electrons. The van der Waals surface area contributed by atoms with Crippen molar-refractivity contribution in [3.63, 3.8) is 0 Å². The van der Waals surface area contributed by atoms with Crippen LogP contribution in [0.3, 0.4) is 0 Å². The standard InChI is InChI=1S/C19H30N6O5/c1-10(2)13(20)16(27)24-7-11(26)6-19(3,30)12(8-24)25-9-21-15-14(25)17(28)23(5)18(29)22(15)4/h9-13,26,30H,6-8,20H2,1-5H3/t11-,12+,13-,19+/m1/s1. The van der Waals surface area contributed by atoms with Gasteiger partial charge in [0.25, 0.3) is 5.56 Å². The maximum Gasteiger partial charge on any atom is 0.332 e. The van der Waals surface area contributed by atoms with E-state index in [1.165, 1.54) is 34.5 Å². The highest BCUT2D eigenvalue weighted by Gasteiger charge is 2.43. The van der Waals surface area contributed by atoms with Crippen LogP contribution in [0.5, 0.6) is 0 Å². The first-order valence-corrected chi connectivity index (χ1v) is 9.94. The van der Waals surface area contributed by atoms with E-state index in [1.54, 1.807) is 6.92 Å². The number of nitrogens with two attached hydrogens (primary N) is 1. The summed E-state index contributed by atoms with van der Waals surface area (Å²) in [5, 5.41) is 21.6. The molecular formula is C19H30N6O5. The molecule has 3 heterocycles. The van der Waals surface area contributed by atoms with E-state index in [-0.39, 0.29) is 42.5 Å². The smallest absolute Gasteiger partial charge is 0.332 e. The van der Waals surface area contributed by atoms with Crippen LogP contribution >= 0.6 is 0 Å². The molecule has 4 N–H and O–H groups in total. The molecule has 30 heavy (non-hydrogen) atoms. The number of aliphatic hydroxyl groups excluding tert-OH is 1. The van der Waals surface area contributed by atoms with Crippen LogP contribution in [0, 0.1) is 5.92 Å². The highest BCUT2D eigenvalue weighted by molar-refractivity contribution is 5.82. The van der Waals surface area contributed by atoms with Gasteiger partial charge in [0, 0.05) is 33.6 Å². The molecule has 3 rings (SSSR count). The first-order valence-electron chi connectivity index (χ1n) is 9.94. The Morgan fingerprint density at radius 3 is 2.50 bits per heavy atom. The maximum absolute atomic E-state index is 12.9. The molecule has 0 unspecified atom stereocenters. The van der Waals surface area contributed by atoms with Crippen molar-refractivity contribution in [3.05, 3.63) is 27.2 Å². The zero-order valence-electron chi connectivity index (χ0n) is 17.9. The van der Waals surface area contributed by atoms with Gasteiger partial charge in [-0.3, -0.25) is 18.7 Å². The van der Waals surface area contributed by atoms with Crippen LogP contribution in [0.1, 0.15) is 33.2 Å². The molecule has 1 fully saturated rings. The minimum Gasteiger partial charge on any atom is -0.391 e. The Hall–Kier alpha value is -2.50. The number of imidazole rings is 1. The average Bonchev–Trinajstić information content (AvgIpc) is 3.05. The number of carbonyl (C=O) groups is 1. The third-order valence-corrected chi connectivity index (χ3v) is 6.02. The van der Waals surface area contributed by atoms with Crippen LogP contribution in [-0.4, -0.2) is 70.5 Å². The number of likely N-dealkylation sites (tertiary alicyclic amines) is 1. The Balaban J connectivity index is 2.16. The molecule has 2 aromatic rings. The van der Waals surface area contributed by atoms with Gasteiger partial charge in [0.2, 0.25) is 5.91 Å². The van der Waals surface area contributed by atoms with Crippen LogP contribution < -0.4 is 17.0 Å². The molecule has 0 radical (unpaired) electrons. The third kappa shape index (κ3) is 3.57. The second-order valence-electron chi connectivity index (χ2n) is 8.77. The highest BCUT2D eigenvalue weighted by atomic mass is 16.3. The minimum atomic E-state index is -1.45. The van der Waals surface area contributed by atoms with E-state index in [9.17, 15) is 24.6 Å². The van der Waals surface area contributed by atoms with Gasteiger partial charge in [0.1, 0.15) is 0 Å². The monoisotopic (exact) mass is 422 g/mol. The van der Waals surface area contributed by atoms with E-state index in [0.29, 0.717) is 0 Å². The number of rotatable bonds is 3. The lowest BCUT2D eigenvalue weighted by Crippen LogP contribution is -2.50. The predicted molar refractivity (Wildman–Crippen MR) is 110 cm³/mol. The van der Waals surface area contributed by atoms with E-state index in [2.05, 4.69) is 4.98 Å². The lowest BCUT2D eigenvalue weighted by atomic mass is 9.91. The number of nitrogens with zero attached hydrogens (tertiary/aromatic N) is 5. The zero-order valence-corrected chi connectivity index (χ0v) is 17.9. The van der Waals surface area contributed by atoms with Crippen LogP contribution in [0.2, 0.25) is 0 Å². The fourth-order valence-corrected chi connectivity index (χ4v) is 4.08. The second kappa shape index (κ2) is 7.64.